The number of hydrogen-bond donors (Lipinski definition) is 2. The minimum Gasteiger partial charge on any atom is -0.383 e. The highest BCUT2D eigenvalue weighted by atomic mass is 32.2. The van der Waals surface area contributed by atoms with Crippen molar-refractivity contribution in [3.8, 4) is 22.3 Å². The molecule has 0 amide bonds. The highest BCUT2D eigenvalue weighted by Crippen LogP contribution is 2.40. The lowest BCUT2D eigenvalue weighted by Crippen LogP contribution is -2.08. The fourth-order valence-corrected chi connectivity index (χ4v) is 4.22. The molecule has 3 aromatic carbocycles. The highest BCUT2D eigenvalue weighted by molar-refractivity contribution is 7.86. The van der Waals surface area contributed by atoms with Gasteiger partial charge in [-0.05, 0) is 21.9 Å². The van der Waals surface area contributed by atoms with Crippen LogP contribution in [0.4, 0.5) is 5.82 Å². The van der Waals surface area contributed by atoms with Crippen molar-refractivity contribution in [2.75, 3.05) is 5.73 Å². The first-order valence-corrected chi connectivity index (χ1v) is 9.70. The van der Waals surface area contributed by atoms with Gasteiger partial charge in [0.25, 0.3) is 10.1 Å². The Hall–Kier alpha value is -3.22. The lowest BCUT2D eigenvalue weighted by atomic mass is 9.96. The first-order chi connectivity index (χ1) is 13.0. The summed E-state index contributed by atoms with van der Waals surface area (Å²) in [6.45, 7) is 0. The van der Waals surface area contributed by atoms with Gasteiger partial charge in [0.2, 0.25) is 0 Å². The Morgan fingerprint density at radius 2 is 1.48 bits per heavy atom. The predicted octanol–water partition coefficient (Wildman–Crippen LogP) is 4.40. The van der Waals surface area contributed by atoms with Crippen molar-refractivity contribution in [1.82, 2.24) is 4.98 Å². The summed E-state index contributed by atoms with van der Waals surface area (Å²) in [4.78, 5) is 3.98. The normalized spacial score (nSPS) is 11.6. The monoisotopic (exact) mass is 376 g/mol. The summed E-state index contributed by atoms with van der Waals surface area (Å²) in [7, 11) is -4.57. The van der Waals surface area contributed by atoms with Gasteiger partial charge in [-0.25, -0.2) is 4.98 Å². The molecule has 0 aliphatic rings. The second kappa shape index (κ2) is 6.50. The molecule has 0 atom stereocenters. The van der Waals surface area contributed by atoms with Crippen molar-refractivity contribution in [2.24, 2.45) is 0 Å². The third-order valence-corrected chi connectivity index (χ3v) is 5.40. The Morgan fingerprint density at radius 3 is 2.22 bits per heavy atom. The van der Waals surface area contributed by atoms with Gasteiger partial charge in [0, 0.05) is 17.3 Å². The maximum atomic E-state index is 12.4. The first-order valence-electron chi connectivity index (χ1n) is 8.26. The van der Waals surface area contributed by atoms with Crippen LogP contribution in [0.3, 0.4) is 0 Å². The number of hydrogen-bond acceptors (Lipinski definition) is 4. The maximum Gasteiger partial charge on any atom is 0.295 e. The molecule has 4 rings (SSSR count). The Bertz CT molecular complexity index is 1250. The summed E-state index contributed by atoms with van der Waals surface area (Å²) < 4.78 is 34.8. The summed E-state index contributed by atoms with van der Waals surface area (Å²) in [6, 6.07) is 22.0. The zero-order valence-corrected chi connectivity index (χ0v) is 15.0. The summed E-state index contributed by atoms with van der Waals surface area (Å²) in [5.74, 6) is 0.0404. The molecule has 27 heavy (non-hydrogen) atoms. The van der Waals surface area contributed by atoms with Gasteiger partial charge in [0.15, 0.2) is 0 Å². The van der Waals surface area contributed by atoms with Crippen LogP contribution in [-0.4, -0.2) is 18.0 Å². The molecule has 1 heterocycles. The minimum absolute atomic E-state index is 0.0404. The average molecular weight is 376 g/mol. The number of rotatable bonds is 3. The molecule has 0 fully saturated rings. The quantitative estimate of drug-likeness (QED) is 0.517. The van der Waals surface area contributed by atoms with Crippen molar-refractivity contribution in [2.45, 2.75) is 4.90 Å². The first kappa shape index (κ1) is 17.2. The van der Waals surface area contributed by atoms with Gasteiger partial charge in [-0.3, -0.25) is 4.55 Å². The third-order valence-electron chi connectivity index (χ3n) is 4.46. The van der Waals surface area contributed by atoms with Crippen molar-refractivity contribution < 1.29 is 13.0 Å². The van der Waals surface area contributed by atoms with E-state index in [0.717, 1.165) is 10.8 Å². The number of nitrogens with zero attached hydrogens (tertiary/aromatic N) is 1. The number of aromatic nitrogens is 1. The topological polar surface area (TPSA) is 93.3 Å². The second-order valence-corrected chi connectivity index (χ2v) is 7.49. The average Bonchev–Trinajstić information content (AvgIpc) is 2.67. The van der Waals surface area contributed by atoms with Crippen LogP contribution in [0.1, 0.15) is 0 Å². The van der Waals surface area contributed by atoms with E-state index in [1.165, 1.54) is 6.20 Å². The van der Waals surface area contributed by atoms with Gasteiger partial charge >= 0.3 is 0 Å². The molecular weight excluding hydrogens is 360 g/mol. The summed E-state index contributed by atoms with van der Waals surface area (Å²) in [5.41, 5.74) is 7.83. The number of benzene rings is 3. The fourth-order valence-electron chi connectivity index (χ4n) is 3.30. The molecule has 0 saturated carbocycles. The molecule has 0 radical (unpaired) electrons. The van der Waals surface area contributed by atoms with Gasteiger partial charge < -0.3 is 5.73 Å². The molecule has 0 saturated heterocycles. The van der Waals surface area contributed by atoms with Gasteiger partial charge in [0.05, 0.1) is 0 Å². The van der Waals surface area contributed by atoms with E-state index in [-0.39, 0.29) is 16.3 Å². The van der Waals surface area contributed by atoms with Gasteiger partial charge in [-0.15, -0.1) is 0 Å². The molecule has 0 aliphatic heterocycles. The van der Waals surface area contributed by atoms with Crippen molar-refractivity contribution in [1.29, 1.82) is 0 Å². The van der Waals surface area contributed by atoms with Crippen molar-refractivity contribution >= 4 is 26.7 Å². The number of anilines is 1. The Labute approximate surface area is 156 Å². The maximum absolute atomic E-state index is 12.4. The van der Waals surface area contributed by atoms with Crippen LogP contribution < -0.4 is 5.73 Å². The zero-order valence-electron chi connectivity index (χ0n) is 14.2. The standard InChI is InChI=1S/C21H16N2O3S/c22-21-19(17-12-6-10-14-9-4-5-11-16(14)17)20(27(24,25)26)18(13-23-21)15-7-2-1-3-8-15/h1-13H,(H2,22,23)(H,24,25,26). The van der Waals surface area contributed by atoms with Crippen LogP contribution in [-0.2, 0) is 10.1 Å². The van der Waals surface area contributed by atoms with E-state index in [9.17, 15) is 13.0 Å². The predicted molar refractivity (Wildman–Crippen MR) is 107 cm³/mol. The molecule has 0 spiro atoms. The van der Waals surface area contributed by atoms with Crippen LogP contribution in [0.2, 0.25) is 0 Å². The van der Waals surface area contributed by atoms with E-state index in [1.807, 2.05) is 42.5 Å². The molecule has 0 aliphatic carbocycles. The zero-order chi connectivity index (χ0) is 19.0. The third kappa shape index (κ3) is 3.05. The molecule has 0 bridgehead atoms. The highest BCUT2D eigenvalue weighted by Gasteiger charge is 2.26. The number of fused-ring (bicyclic) bond motifs is 1. The van der Waals surface area contributed by atoms with E-state index >= 15 is 0 Å². The summed E-state index contributed by atoms with van der Waals surface area (Å²) in [6.07, 6.45) is 1.38. The Balaban J connectivity index is 2.15. The van der Waals surface area contributed by atoms with Crippen molar-refractivity contribution in [3.05, 3.63) is 79.0 Å². The Morgan fingerprint density at radius 1 is 0.815 bits per heavy atom. The lowest BCUT2D eigenvalue weighted by Gasteiger charge is -2.16. The van der Waals surface area contributed by atoms with E-state index in [1.54, 1.807) is 30.3 Å². The van der Waals surface area contributed by atoms with Gasteiger partial charge in [-0.2, -0.15) is 8.42 Å². The molecule has 3 N–H and O–H groups in total. The van der Waals surface area contributed by atoms with E-state index in [0.29, 0.717) is 16.7 Å². The molecule has 5 nitrogen and oxygen atoms in total. The molecule has 1 aromatic heterocycles. The Kier molecular flexibility index (Phi) is 4.14. The van der Waals surface area contributed by atoms with Gasteiger partial charge in [-0.1, -0.05) is 72.8 Å². The SMILES string of the molecule is Nc1ncc(-c2ccccc2)c(S(=O)(=O)O)c1-c1cccc2ccccc12. The van der Waals surface area contributed by atoms with E-state index in [2.05, 4.69) is 4.98 Å². The van der Waals surface area contributed by atoms with Crippen LogP contribution in [0.15, 0.2) is 83.9 Å². The number of pyridine rings is 1. The van der Waals surface area contributed by atoms with Gasteiger partial charge in [0.1, 0.15) is 10.7 Å². The molecule has 4 aromatic rings. The van der Waals surface area contributed by atoms with Crippen LogP contribution in [0.25, 0.3) is 33.0 Å². The lowest BCUT2D eigenvalue weighted by molar-refractivity contribution is 0.484. The second-order valence-electron chi connectivity index (χ2n) is 6.13. The largest absolute Gasteiger partial charge is 0.383 e. The minimum atomic E-state index is -4.57. The summed E-state index contributed by atoms with van der Waals surface area (Å²) in [5, 5.41) is 1.75. The molecule has 6 heteroatoms. The molecule has 0 unspecified atom stereocenters. The molecule has 134 valence electrons. The van der Waals surface area contributed by atoms with E-state index in [4.69, 9.17) is 5.73 Å². The van der Waals surface area contributed by atoms with Crippen molar-refractivity contribution in [3.63, 3.8) is 0 Å². The smallest absolute Gasteiger partial charge is 0.295 e. The summed E-state index contributed by atoms with van der Waals surface area (Å²) >= 11 is 0. The number of nitrogens with two attached hydrogens (primary N) is 1. The fraction of sp³-hybridized carbons (Fsp3) is 0. The van der Waals surface area contributed by atoms with E-state index < -0.39 is 10.1 Å². The number of nitrogen functional groups attached to an aromatic ring is 1. The van der Waals surface area contributed by atoms with Crippen LogP contribution in [0.5, 0.6) is 0 Å². The molecular formula is C21H16N2O3S. The van der Waals surface area contributed by atoms with Crippen LogP contribution in [0, 0.1) is 0 Å². The van der Waals surface area contributed by atoms with Crippen LogP contribution >= 0.6 is 0 Å².